The van der Waals surface area contributed by atoms with E-state index in [0.29, 0.717) is 23.0 Å². The average Bonchev–Trinajstić information content (AvgIpc) is 3.28. The predicted octanol–water partition coefficient (Wildman–Crippen LogP) is 5.35. The van der Waals surface area contributed by atoms with Crippen LogP contribution in [0.15, 0.2) is 71.8 Å². The van der Waals surface area contributed by atoms with E-state index in [-0.39, 0.29) is 25.6 Å². The highest BCUT2D eigenvalue weighted by molar-refractivity contribution is 7.97. The van der Waals surface area contributed by atoms with Crippen LogP contribution in [0.4, 0.5) is 4.39 Å². The fourth-order valence-corrected chi connectivity index (χ4v) is 2.21. The molecule has 6 nitrogen and oxygen atoms in total. The van der Waals surface area contributed by atoms with E-state index in [1.165, 1.54) is 19.1 Å². The lowest BCUT2D eigenvalue weighted by Crippen LogP contribution is -2.36. The van der Waals surface area contributed by atoms with Gasteiger partial charge in [-0.2, -0.15) is 11.8 Å². The third kappa shape index (κ3) is 11.1. The minimum absolute atomic E-state index is 0.0162. The Hall–Kier alpha value is -2.81. The first-order valence-corrected chi connectivity index (χ1v) is 11.8. The zero-order valence-corrected chi connectivity index (χ0v) is 20.3. The van der Waals surface area contributed by atoms with Crippen molar-refractivity contribution in [2.45, 2.75) is 26.1 Å². The molecule has 0 amide bonds. The number of halogens is 1. The molecule has 0 spiro atoms. The van der Waals surface area contributed by atoms with Crippen molar-refractivity contribution in [3.63, 3.8) is 0 Å². The number of aromatic nitrogens is 1. The van der Waals surface area contributed by atoms with Crippen molar-refractivity contribution in [3.8, 4) is 22.8 Å². The third-order valence-corrected chi connectivity index (χ3v) is 3.79. The maximum atomic E-state index is 12.9. The summed E-state index contributed by atoms with van der Waals surface area (Å²) < 4.78 is 29.1. The quantitative estimate of drug-likeness (QED) is 0.423. The number of hydrogen-bond acceptors (Lipinski definition) is 7. The van der Waals surface area contributed by atoms with Crippen molar-refractivity contribution in [2.24, 2.45) is 0 Å². The summed E-state index contributed by atoms with van der Waals surface area (Å²) in [5, 5.41) is 22.8. The molecular formula is C25H32FNO5S. The molecule has 0 aliphatic heterocycles. The lowest BCUT2D eigenvalue weighted by atomic mass is 10.1. The fourth-order valence-electron chi connectivity index (χ4n) is 2.21. The van der Waals surface area contributed by atoms with Crippen molar-refractivity contribution in [2.75, 3.05) is 25.7 Å². The van der Waals surface area contributed by atoms with Crippen LogP contribution in [0.5, 0.6) is 11.5 Å². The summed E-state index contributed by atoms with van der Waals surface area (Å²) in [5.74, 6) is 1.32. The first-order chi connectivity index (χ1) is 15.8. The van der Waals surface area contributed by atoms with E-state index in [1.54, 1.807) is 48.2 Å². The summed E-state index contributed by atoms with van der Waals surface area (Å²) >= 11 is 1.75. The monoisotopic (exact) mass is 477 g/mol. The number of aliphatic hydroxyl groups is 2. The molecule has 3 rings (SSSR count). The Morgan fingerprint density at radius 3 is 2.15 bits per heavy atom. The number of ether oxygens (including phenoxy) is 2. The molecule has 1 aromatic heterocycles. The van der Waals surface area contributed by atoms with Gasteiger partial charge in [0, 0.05) is 11.6 Å². The van der Waals surface area contributed by atoms with Crippen LogP contribution in [0.25, 0.3) is 11.3 Å². The van der Waals surface area contributed by atoms with Crippen LogP contribution in [-0.4, -0.2) is 46.7 Å². The zero-order valence-electron chi connectivity index (χ0n) is 19.5. The topological polar surface area (TPSA) is 85.0 Å². The van der Waals surface area contributed by atoms with Gasteiger partial charge in [0.15, 0.2) is 5.76 Å². The predicted molar refractivity (Wildman–Crippen MR) is 131 cm³/mol. The van der Waals surface area contributed by atoms with Crippen LogP contribution < -0.4 is 9.47 Å². The van der Waals surface area contributed by atoms with Crippen LogP contribution in [0.3, 0.4) is 0 Å². The van der Waals surface area contributed by atoms with E-state index in [2.05, 4.69) is 11.7 Å². The van der Waals surface area contributed by atoms with Crippen LogP contribution in [0.1, 0.15) is 19.6 Å². The van der Waals surface area contributed by atoms with E-state index in [9.17, 15) is 9.50 Å². The molecule has 0 radical (unpaired) electrons. The third-order valence-electron chi connectivity index (χ3n) is 3.79. The second kappa shape index (κ2) is 15.1. The number of hydrogen-bond donors (Lipinski definition) is 2. The van der Waals surface area contributed by atoms with Gasteiger partial charge in [0.05, 0.1) is 6.61 Å². The Morgan fingerprint density at radius 1 is 1.09 bits per heavy atom. The molecule has 0 aliphatic rings. The Kier molecular flexibility index (Phi) is 12.9. The van der Waals surface area contributed by atoms with Crippen molar-refractivity contribution >= 4 is 11.8 Å². The van der Waals surface area contributed by atoms with Gasteiger partial charge in [-0.15, -0.1) is 6.58 Å². The van der Waals surface area contributed by atoms with Gasteiger partial charge in [-0.1, -0.05) is 11.2 Å². The number of allylic oxidation sites excluding steroid dienone is 1. The number of nitrogens with zero attached hydrogens (tertiary/aromatic N) is 1. The molecule has 0 aliphatic carbocycles. The number of rotatable bonds is 8. The van der Waals surface area contributed by atoms with Gasteiger partial charge in [-0.3, -0.25) is 0 Å². The van der Waals surface area contributed by atoms with Gasteiger partial charge < -0.3 is 24.2 Å². The number of benzene rings is 2. The van der Waals surface area contributed by atoms with E-state index in [0.717, 1.165) is 5.56 Å². The summed E-state index contributed by atoms with van der Waals surface area (Å²) in [4.78, 5) is 0. The molecule has 33 heavy (non-hydrogen) atoms. The molecule has 180 valence electrons. The number of thioether (sulfide) groups is 1. The van der Waals surface area contributed by atoms with Gasteiger partial charge in [0.1, 0.15) is 41.8 Å². The molecule has 2 N–H and O–H groups in total. The molecule has 0 unspecified atom stereocenters. The molecule has 1 heterocycles. The van der Waals surface area contributed by atoms with E-state index < -0.39 is 5.60 Å². The molecule has 0 fully saturated rings. The van der Waals surface area contributed by atoms with Crippen LogP contribution in [0.2, 0.25) is 0 Å². The van der Waals surface area contributed by atoms with Crippen LogP contribution in [-0.2, 0) is 6.61 Å². The highest BCUT2D eigenvalue weighted by Gasteiger charge is 2.19. The summed E-state index contributed by atoms with van der Waals surface area (Å²) in [6, 6.07) is 14.6. The van der Waals surface area contributed by atoms with Crippen LogP contribution in [0, 0.1) is 5.82 Å². The first-order valence-electron chi connectivity index (χ1n) is 10.2. The maximum absolute atomic E-state index is 12.9. The SMILES string of the molecule is C=CC.CSC.C[C@](O)(CO)COc1ccc(-c2cc(COc3ccc(F)cc3)on2)cc1. The van der Waals surface area contributed by atoms with Gasteiger partial charge >= 0.3 is 0 Å². The fraction of sp³-hybridized carbons (Fsp3) is 0.320. The van der Waals surface area contributed by atoms with Crippen molar-refractivity contribution in [3.05, 3.63) is 78.8 Å². The largest absolute Gasteiger partial charge is 0.491 e. The minimum atomic E-state index is -1.29. The first kappa shape index (κ1) is 28.2. The standard InChI is InChI=1S/C20H20FNO5.C3H6.C2H6S/c1-20(24,12-23)13-26-17-6-2-14(3-7-17)19-10-18(27-22-19)11-25-16-8-4-15(21)5-9-16;2*1-3-2/h2-10,23-24H,11-13H2,1H3;3H,1H2,2H3;1-2H3/t20-;;/m0../s1. The van der Waals surface area contributed by atoms with Gasteiger partial charge in [-0.25, -0.2) is 4.39 Å². The van der Waals surface area contributed by atoms with E-state index >= 15 is 0 Å². The number of aliphatic hydroxyl groups excluding tert-OH is 1. The van der Waals surface area contributed by atoms with Crippen molar-refractivity contribution in [1.82, 2.24) is 5.16 Å². The zero-order chi connectivity index (χ0) is 24.7. The van der Waals surface area contributed by atoms with Crippen molar-refractivity contribution in [1.29, 1.82) is 0 Å². The van der Waals surface area contributed by atoms with E-state index in [1.807, 2.05) is 31.6 Å². The lowest BCUT2D eigenvalue weighted by Gasteiger charge is -2.20. The molecule has 2 aromatic carbocycles. The Bertz CT molecular complexity index is 927. The normalized spacial score (nSPS) is 11.7. The van der Waals surface area contributed by atoms with Crippen molar-refractivity contribution < 1.29 is 28.6 Å². The maximum Gasteiger partial charge on any atom is 0.174 e. The summed E-state index contributed by atoms with van der Waals surface area (Å²) in [5.41, 5.74) is 0.180. The van der Waals surface area contributed by atoms with Gasteiger partial charge in [0.2, 0.25) is 0 Å². The Labute approximate surface area is 199 Å². The Morgan fingerprint density at radius 2 is 1.61 bits per heavy atom. The van der Waals surface area contributed by atoms with Crippen LogP contribution >= 0.6 is 11.8 Å². The highest BCUT2D eigenvalue weighted by Crippen LogP contribution is 2.23. The minimum Gasteiger partial charge on any atom is -0.491 e. The highest BCUT2D eigenvalue weighted by atomic mass is 32.2. The molecule has 0 saturated heterocycles. The summed E-state index contributed by atoms with van der Waals surface area (Å²) in [7, 11) is 0. The molecule has 3 aromatic rings. The molecule has 1 atom stereocenters. The molecular weight excluding hydrogens is 445 g/mol. The van der Waals surface area contributed by atoms with Gasteiger partial charge in [0.25, 0.3) is 0 Å². The average molecular weight is 478 g/mol. The molecule has 0 bridgehead atoms. The molecule has 8 heteroatoms. The second-order valence-electron chi connectivity index (χ2n) is 7.21. The second-order valence-corrected chi connectivity index (χ2v) is 8.02. The smallest absolute Gasteiger partial charge is 0.174 e. The molecule has 0 saturated carbocycles. The van der Waals surface area contributed by atoms with E-state index in [4.69, 9.17) is 19.1 Å². The lowest BCUT2D eigenvalue weighted by molar-refractivity contribution is -0.0324. The summed E-state index contributed by atoms with van der Waals surface area (Å²) in [6.07, 6.45) is 5.83. The van der Waals surface area contributed by atoms with Gasteiger partial charge in [-0.05, 0) is 74.9 Å². The summed E-state index contributed by atoms with van der Waals surface area (Å²) in [6.45, 7) is 6.52. The Balaban J connectivity index is 0.000000819.